The minimum atomic E-state index is -0.0666. The maximum Gasteiger partial charge on any atom is 0.231 e. The molecule has 7 nitrogen and oxygen atoms in total. The van der Waals surface area contributed by atoms with Crippen LogP contribution >= 0.6 is 0 Å². The smallest absolute Gasteiger partial charge is 0.231 e. The van der Waals surface area contributed by atoms with Crippen molar-refractivity contribution in [3.63, 3.8) is 0 Å². The zero-order valence-electron chi connectivity index (χ0n) is 19.5. The van der Waals surface area contributed by atoms with Crippen molar-refractivity contribution in [2.75, 3.05) is 13.9 Å². The molecule has 2 aromatic heterocycles. The molecule has 1 aliphatic heterocycles. The Labute approximate surface area is 201 Å². The van der Waals surface area contributed by atoms with Gasteiger partial charge in [0.05, 0.1) is 23.8 Å². The van der Waals surface area contributed by atoms with Crippen molar-refractivity contribution < 1.29 is 24.1 Å². The summed E-state index contributed by atoms with van der Waals surface area (Å²) >= 11 is 0. The van der Waals surface area contributed by atoms with Crippen molar-refractivity contribution in [2.24, 2.45) is 0 Å². The first kappa shape index (κ1) is 21.0. The minimum absolute atomic E-state index is 0.0185. The van der Waals surface area contributed by atoms with Crippen LogP contribution in [-0.4, -0.2) is 34.3 Å². The van der Waals surface area contributed by atoms with Crippen LogP contribution in [0.4, 0.5) is 0 Å². The molecule has 3 aromatic carbocycles. The van der Waals surface area contributed by atoms with Gasteiger partial charge in [0.1, 0.15) is 0 Å². The van der Waals surface area contributed by atoms with Crippen LogP contribution in [0.2, 0.25) is 0 Å². The minimum Gasteiger partial charge on any atom is -0.504 e. The number of hydrogen-bond acceptors (Lipinski definition) is 6. The molecule has 174 valence electrons. The monoisotopic (exact) mass is 466 g/mol. The van der Waals surface area contributed by atoms with Crippen molar-refractivity contribution in [2.45, 2.75) is 13.8 Å². The van der Waals surface area contributed by atoms with E-state index in [9.17, 15) is 9.90 Å². The molecular formula is C28H22N2O5. The van der Waals surface area contributed by atoms with Gasteiger partial charge in [0.2, 0.25) is 6.79 Å². The summed E-state index contributed by atoms with van der Waals surface area (Å²) in [6.45, 7) is 3.65. The van der Waals surface area contributed by atoms with Gasteiger partial charge in [0.25, 0.3) is 0 Å². The Morgan fingerprint density at radius 1 is 1.06 bits per heavy atom. The number of hydrogen-bond donors (Lipinski definition) is 1. The average molecular weight is 466 g/mol. The molecule has 0 unspecified atom stereocenters. The normalized spacial score (nSPS) is 12.4. The molecule has 0 atom stereocenters. The van der Waals surface area contributed by atoms with E-state index < -0.39 is 0 Å². The van der Waals surface area contributed by atoms with E-state index in [-0.39, 0.29) is 18.3 Å². The maximum atomic E-state index is 13.0. The number of phenols is 1. The van der Waals surface area contributed by atoms with E-state index >= 15 is 0 Å². The quantitative estimate of drug-likeness (QED) is 0.337. The van der Waals surface area contributed by atoms with E-state index in [2.05, 4.69) is 0 Å². The molecule has 0 saturated heterocycles. The third-order valence-electron chi connectivity index (χ3n) is 6.45. The number of carbonyl (C=O) groups is 1. The highest BCUT2D eigenvalue weighted by molar-refractivity contribution is 6.19. The number of methoxy groups -OCH3 is 1. The lowest BCUT2D eigenvalue weighted by atomic mass is 9.99. The summed E-state index contributed by atoms with van der Waals surface area (Å²) in [4.78, 5) is 18.0. The molecule has 0 bridgehead atoms. The molecule has 0 fully saturated rings. The standard InChI is InChI=1S/C28H22N2O5/c1-15-25(16(2)31)26-27(17-8-10-23-24(12-17)35-14-34-23)29-20-7-5-4-6-19(20)28(26)30(15)18-9-11-22(33-3)21(32)13-18/h4-13,32H,14H2,1-3H3. The van der Waals surface area contributed by atoms with Gasteiger partial charge in [-0.2, -0.15) is 0 Å². The van der Waals surface area contributed by atoms with Gasteiger partial charge in [0.15, 0.2) is 28.8 Å². The molecular weight excluding hydrogens is 444 g/mol. The molecule has 5 aromatic rings. The van der Waals surface area contributed by atoms with Gasteiger partial charge < -0.3 is 23.9 Å². The first-order valence-corrected chi connectivity index (χ1v) is 11.2. The molecule has 0 aliphatic carbocycles. The highest BCUT2D eigenvalue weighted by atomic mass is 16.7. The number of aromatic hydroxyl groups is 1. The molecule has 1 aliphatic rings. The van der Waals surface area contributed by atoms with Gasteiger partial charge >= 0.3 is 0 Å². The second-order valence-electron chi connectivity index (χ2n) is 8.48. The van der Waals surface area contributed by atoms with Gasteiger partial charge in [-0.3, -0.25) is 4.79 Å². The molecule has 35 heavy (non-hydrogen) atoms. The Morgan fingerprint density at radius 2 is 1.86 bits per heavy atom. The molecule has 0 radical (unpaired) electrons. The largest absolute Gasteiger partial charge is 0.504 e. The number of ketones is 1. The van der Waals surface area contributed by atoms with E-state index in [1.165, 1.54) is 7.11 Å². The number of pyridine rings is 1. The van der Waals surface area contributed by atoms with Crippen molar-refractivity contribution in [3.05, 3.63) is 71.9 Å². The number of fused-ring (bicyclic) bond motifs is 4. The summed E-state index contributed by atoms with van der Waals surface area (Å²) < 4.78 is 18.3. The second-order valence-corrected chi connectivity index (χ2v) is 8.48. The summed E-state index contributed by atoms with van der Waals surface area (Å²) in [5, 5.41) is 12.2. The van der Waals surface area contributed by atoms with Gasteiger partial charge in [0, 0.05) is 39.3 Å². The Bertz CT molecular complexity index is 1670. The highest BCUT2D eigenvalue weighted by Gasteiger charge is 2.26. The molecule has 0 amide bonds. The summed E-state index contributed by atoms with van der Waals surface area (Å²) in [6, 6.07) is 18.8. The van der Waals surface area contributed by atoms with Crippen LogP contribution in [0, 0.1) is 6.92 Å². The van der Waals surface area contributed by atoms with Gasteiger partial charge in [-0.25, -0.2) is 4.98 Å². The number of phenolic OH excluding ortho intramolecular Hbond substituents is 1. The van der Waals surface area contributed by atoms with Crippen LogP contribution in [-0.2, 0) is 0 Å². The molecule has 7 heteroatoms. The second kappa shape index (κ2) is 7.77. The maximum absolute atomic E-state index is 13.0. The van der Waals surface area contributed by atoms with Crippen molar-refractivity contribution in [3.8, 4) is 39.9 Å². The predicted octanol–water partition coefficient (Wildman–Crippen LogP) is 5.80. The third-order valence-corrected chi connectivity index (χ3v) is 6.45. The number of benzene rings is 3. The van der Waals surface area contributed by atoms with E-state index in [0.29, 0.717) is 34.2 Å². The highest BCUT2D eigenvalue weighted by Crippen LogP contribution is 2.43. The topological polar surface area (TPSA) is 82.8 Å². The van der Waals surface area contributed by atoms with Crippen LogP contribution < -0.4 is 14.2 Å². The lowest BCUT2D eigenvalue weighted by molar-refractivity contribution is 0.101. The van der Waals surface area contributed by atoms with Crippen LogP contribution in [0.1, 0.15) is 23.0 Å². The molecule has 3 heterocycles. The molecule has 0 spiro atoms. The van der Waals surface area contributed by atoms with E-state index in [0.717, 1.165) is 33.1 Å². The van der Waals surface area contributed by atoms with Crippen LogP contribution in [0.5, 0.6) is 23.0 Å². The SMILES string of the molecule is COc1ccc(-n2c(C)c(C(C)=O)c3c(-c4ccc5c(c4)OCO5)nc4ccccc4c32)cc1O. The lowest BCUT2D eigenvalue weighted by Crippen LogP contribution is -2.00. The van der Waals surface area contributed by atoms with Crippen molar-refractivity contribution in [1.29, 1.82) is 0 Å². The number of rotatable bonds is 4. The average Bonchev–Trinajstić information content (AvgIpc) is 3.45. The fourth-order valence-corrected chi connectivity index (χ4v) is 4.95. The first-order valence-electron chi connectivity index (χ1n) is 11.2. The van der Waals surface area contributed by atoms with E-state index in [1.54, 1.807) is 19.1 Å². The number of carbonyl (C=O) groups excluding carboxylic acids is 1. The van der Waals surface area contributed by atoms with Crippen LogP contribution in [0.25, 0.3) is 38.8 Å². The zero-order valence-corrected chi connectivity index (χ0v) is 19.5. The molecule has 1 N–H and O–H groups in total. The fourth-order valence-electron chi connectivity index (χ4n) is 4.95. The predicted molar refractivity (Wildman–Crippen MR) is 133 cm³/mol. The third kappa shape index (κ3) is 3.12. The summed E-state index contributed by atoms with van der Waals surface area (Å²) in [6.07, 6.45) is 0. The van der Waals surface area contributed by atoms with E-state index in [4.69, 9.17) is 19.2 Å². The van der Waals surface area contributed by atoms with Crippen molar-refractivity contribution >= 4 is 27.6 Å². The summed E-state index contributed by atoms with van der Waals surface area (Å²) in [7, 11) is 1.51. The fraction of sp³-hybridized carbons (Fsp3) is 0.143. The Morgan fingerprint density at radius 3 is 2.63 bits per heavy atom. The number of ether oxygens (including phenoxy) is 3. The number of aromatic nitrogens is 2. The molecule has 6 rings (SSSR count). The zero-order chi connectivity index (χ0) is 24.3. The van der Waals surface area contributed by atoms with Crippen LogP contribution in [0.15, 0.2) is 60.7 Å². The first-order chi connectivity index (χ1) is 17.0. The Hall–Kier alpha value is -4.52. The van der Waals surface area contributed by atoms with Gasteiger partial charge in [-0.05, 0) is 50.2 Å². The van der Waals surface area contributed by atoms with Crippen LogP contribution in [0.3, 0.4) is 0 Å². The number of para-hydroxylation sites is 1. The van der Waals surface area contributed by atoms with Crippen molar-refractivity contribution in [1.82, 2.24) is 9.55 Å². The van der Waals surface area contributed by atoms with Gasteiger partial charge in [-0.1, -0.05) is 18.2 Å². The molecule has 0 saturated carbocycles. The summed E-state index contributed by atoms with van der Waals surface area (Å²) in [5.74, 6) is 1.65. The Balaban J connectivity index is 1.77. The summed E-state index contributed by atoms with van der Waals surface area (Å²) in [5.41, 5.74) is 5.20. The Kier molecular flexibility index (Phi) is 4.67. The number of nitrogens with zero attached hydrogens (tertiary/aromatic N) is 2. The number of Topliss-reactive ketones (excluding diaryl/α,β-unsaturated/α-hetero) is 1. The van der Waals surface area contributed by atoms with Gasteiger partial charge in [-0.15, -0.1) is 0 Å². The van der Waals surface area contributed by atoms with E-state index in [1.807, 2.05) is 60.0 Å². The lowest BCUT2D eigenvalue weighted by Gasteiger charge is -2.13.